The average Bonchev–Trinajstić information content (AvgIpc) is 2.11. The average molecular weight is 336 g/mol. The fourth-order valence-electron chi connectivity index (χ4n) is 1.28. The molecule has 0 fully saturated rings. The summed E-state index contributed by atoms with van der Waals surface area (Å²) in [6.45, 7) is 4.16. The van der Waals surface area contributed by atoms with E-state index in [0.717, 1.165) is 0 Å². The first kappa shape index (κ1) is 21.7. The van der Waals surface area contributed by atoms with Gasteiger partial charge in [-0.2, -0.15) is 0 Å². The van der Waals surface area contributed by atoms with Crippen LogP contribution in [0.2, 0.25) is 0 Å². The van der Waals surface area contributed by atoms with E-state index >= 15 is 0 Å². The van der Waals surface area contributed by atoms with Gasteiger partial charge in [-0.25, -0.2) is 0 Å². The number of aliphatic hydroxyl groups excluding tert-OH is 1. The van der Waals surface area contributed by atoms with Crippen LogP contribution < -0.4 is 0 Å². The Morgan fingerprint density at radius 2 is 1.26 bits per heavy atom. The third-order valence-electron chi connectivity index (χ3n) is 2.07. The minimum absolute atomic E-state index is 0.0133. The summed E-state index contributed by atoms with van der Waals surface area (Å²) < 4.78 is 59.2. The predicted molar refractivity (Wildman–Crippen MR) is 73.2 cm³/mol. The van der Waals surface area contributed by atoms with E-state index in [2.05, 4.69) is 6.92 Å². The molecule has 1 N–H and O–H groups in total. The zero-order valence-corrected chi connectivity index (χ0v) is 13.3. The Labute approximate surface area is 112 Å². The van der Waals surface area contributed by atoms with Gasteiger partial charge in [-0.3, -0.25) is 0 Å². The van der Waals surface area contributed by atoms with E-state index in [9.17, 15) is 25.2 Å². The molecule has 19 heavy (non-hydrogen) atoms. The minimum atomic E-state index is -10.7. The molecule has 0 aromatic carbocycles. The summed E-state index contributed by atoms with van der Waals surface area (Å²) in [5.41, 5.74) is 0. The van der Waals surface area contributed by atoms with Crippen molar-refractivity contribution in [1.29, 1.82) is 0 Å². The maximum atomic E-state index is 9.87. The molecule has 0 aliphatic rings. The molecule has 0 amide bonds. The quantitative estimate of drug-likeness (QED) is 0.306. The summed E-state index contributed by atoms with van der Waals surface area (Å²) in [4.78, 5) is 0. The molecule has 1 nitrogen and oxygen atoms in total. The van der Waals surface area contributed by atoms with Gasteiger partial charge < -0.3 is 5.11 Å². The molecule has 0 saturated carbocycles. The summed E-state index contributed by atoms with van der Waals surface area (Å²) in [6.07, 6.45) is 9.52. The van der Waals surface area contributed by atoms with Gasteiger partial charge in [0.2, 0.25) is 0 Å². The van der Waals surface area contributed by atoms with E-state index in [-0.39, 0.29) is 5.85 Å². The third-order valence-corrected chi connectivity index (χ3v) is 3.49. The molecular formula is C10H24F6OP2. The van der Waals surface area contributed by atoms with Crippen LogP contribution in [0.5, 0.6) is 0 Å². The van der Waals surface area contributed by atoms with Crippen LogP contribution in [0.1, 0.15) is 52.4 Å². The number of halogens is 6. The number of hydrogen-bond acceptors (Lipinski definition) is 1. The second-order valence-corrected chi connectivity index (χ2v) is 8.42. The van der Waals surface area contributed by atoms with Crippen molar-refractivity contribution in [3.63, 3.8) is 0 Å². The molecule has 2 atom stereocenters. The van der Waals surface area contributed by atoms with Crippen LogP contribution in [0.25, 0.3) is 0 Å². The molecule has 0 aliphatic carbocycles. The molecular weight excluding hydrogens is 312 g/mol. The van der Waals surface area contributed by atoms with Crippen molar-refractivity contribution in [1.82, 2.24) is 0 Å². The van der Waals surface area contributed by atoms with Gasteiger partial charge in [-0.1, -0.05) is 32.6 Å². The number of unbranched alkanes of at least 4 members (excludes halogenated alkanes) is 5. The van der Waals surface area contributed by atoms with Gasteiger partial charge in [0.1, 0.15) is 0 Å². The Balaban J connectivity index is 0. The third kappa shape index (κ3) is 56.0. The van der Waals surface area contributed by atoms with Crippen molar-refractivity contribution in [2.24, 2.45) is 0 Å². The fraction of sp³-hybridized carbons (Fsp3) is 1.00. The Morgan fingerprint density at radius 1 is 0.895 bits per heavy atom. The number of aliphatic hydroxyl groups is 1. The molecule has 9 heteroatoms. The standard InChI is InChI=1S/C10H23OP.F6P/c1-3-4-5-6-7-8-9-12-10(2)11;1-7(2,3,4,5)6/h10-12H,3-9H2,1-2H3;/q;-1/p+1. The van der Waals surface area contributed by atoms with E-state index in [1.54, 1.807) is 0 Å². The van der Waals surface area contributed by atoms with Crippen molar-refractivity contribution in [2.75, 3.05) is 6.16 Å². The fourth-order valence-corrected chi connectivity index (χ4v) is 2.29. The summed E-state index contributed by atoms with van der Waals surface area (Å²) in [6, 6.07) is 0. The molecule has 122 valence electrons. The molecule has 0 aromatic rings. The van der Waals surface area contributed by atoms with Gasteiger partial charge >= 0.3 is 33.0 Å². The Bertz CT molecular complexity index is 214. The van der Waals surface area contributed by atoms with Gasteiger partial charge in [0, 0.05) is 8.58 Å². The monoisotopic (exact) mass is 336 g/mol. The van der Waals surface area contributed by atoms with Crippen molar-refractivity contribution in [2.45, 2.75) is 58.2 Å². The van der Waals surface area contributed by atoms with Crippen LogP contribution in [-0.2, 0) is 0 Å². The first-order valence-corrected chi connectivity index (χ1v) is 9.81. The molecule has 0 heterocycles. The van der Waals surface area contributed by atoms with E-state index < -0.39 is 7.81 Å². The number of rotatable bonds is 8. The summed E-state index contributed by atoms with van der Waals surface area (Å²) in [7, 11) is -10.3. The second-order valence-electron chi connectivity index (χ2n) is 4.49. The van der Waals surface area contributed by atoms with Gasteiger partial charge in [0.25, 0.3) is 0 Å². The second kappa shape index (κ2) is 7.99. The Morgan fingerprint density at radius 3 is 1.63 bits per heavy atom. The van der Waals surface area contributed by atoms with E-state index in [4.69, 9.17) is 5.11 Å². The van der Waals surface area contributed by atoms with E-state index in [1.165, 1.54) is 44.7 Å². The SMILES string of the molecule is CCCCCCCC[PH2+]C(C)O.F[P-](F)(F)(F)(F)F. The van der Waals surface area contributed by atoms with Crippen molar-refractivity contribution >= 4 is 16.4 Å². The molecule has 0 radical (unpaired) electrons. The van der Waals surface area contributed by atoms with E-state index in [0.29, 0.717) is 8.58 Å². The van der Waals surface area contributed by atoms with Crippen LogP contribution in [-0.4, -0.2) is 17.1 Å². The first-order valence-electron chi connectivity index (χ1n) is 6.30. The first-order chi connectivity index (χ1) is 8.22. The van der Waals surface area contributed by atoms with Crippen molar-refractivity contribution in [3.8, 4) is 0 Å². The van der Waals surface area contributed by atoms with Crippen LogP contribution in [0.4, 0.5) is 25.2 Å². The molecule has 0 aromatic heterocycles. The van der Waals surface area contributed by atoms with Crippen LogP contribution >= 0.6 is 16.4 Å². The molecule has 0 bridgehead atoms. The molecule has 0 rings (SSSR count). The zero-order chi connectivity index (χ0) is 15.6. The Kier molecular flexibility index (Phi) is 9.13. The van der Waals surface area contributed by atoms with Gasteiger partial charge in [0.15, 0.2) is 5.85 Å². The summed E-state index contributed by atoms with van der Waals surface area (Å²) in [5.74, 6) is -0.0133. The van der Waals surface area contributed by atoms with Gasteiger partial charge in [-0.05, 0) is 19.8 Å². The Hall–Kier alpha value is 0.400. The predicted octanol–water partition coefficient (Wildman–Crippen LogP) is 6.48. The molecule has 2 unspecified atom stereocenters. The van der Waals surface area contributed by atoms with Gasteiger partial charge in [-0.15, -0.1) is 0 Å². The zero-order valence-electron chi connectivity index (χ0n) is 11.3. The van der Waals surface area contributed by atoms with Crippen LogP contribution in [0, 0.1) is 0 Å². The van der Waals surface area contributed by atoms with Crippen molar-refractivity contribution in [3.05, 3.63) is 0 Å². The number of hydrogen-bond donors (Lipinski definition) is 1. The van der Waals surface area contributed by atoms with E-state index in [1.807, 2.05) is 6.92 Å². The van der Waals surface area contributed by atoms with Crippen molar-refractivity contribution < 1.29 is 30.3 Å². The maximum absolute atomic E-state index is 10.7. The molecule has 0 aliphatic heterocycles. The molecule has 0 spiro atoms. The topological polar surface area (TPSA) is 20.2 Å². The van der Waals surface area contributed by atoms with Gasteiger partial charge in [0.05, 0.1) is 6.16 Å². The molecule has 0 saturated heterocycles. The summed E-state index contributed by atoms with van der Waals surface area (Å²) in [5, 5.41) is 9.03. The summed E-state index contributed by atoms with van der Waals surface area (Å²) >= 11 is 0. The van der Waals surface area contributed by atoms with Crippen LogP contribution in [0.15, 0.2) is 0 Å². The van der Waals surface area contributed by atoms with Crippen LogP contribution in [0.3, 0.4) is 0 Å². The normalized spacial score (nSPS) is 17.5.